The summed E-state index contributed by atoms with van der Waals surface area (Å²) in [6.07, 6.45) is 0.0485. The highest BCUT2D eigenvalue weighted by Crippen LogP contribution is 1.90. The summed E-state index contributed by atoms with van der Waals surface area (Å²) < 4.78 is 48.8. The van der Waals surface area contributed by atoms with Gasteiger partial charge in [-0.2, -0.15) is 16.8 Å². The average molecular weight is 234 g/mol. The molecule has 4 N–H and O–H groups in total. The van der Waals surface area contributed by atoms with Gasteiger partial charge in [0.2, 0.25) is 0 Å². The third-order valence-corrected chi connectivity index (χ3v) is 1.77. The van der Waals surface area contributed by atoms with Gasteiger partial charge in [0, 0.05) is 0 Å². The van der Waals surface area contributed by atoms with E-state index in [0.29, 0.717) is 0 Å². The molecule has 0 aliphatic rings. The van der Waals surface area contributed by atoms with Gasteiger partial charge >= 0.3 is 20.6 Å². The fourth-order valence-corrected chi connectivity index (χ4v) is 1.11. The Bertz CT molecular complexity index is 297. The second-order valence-corrected chi connectivity index (χ2v) is 4.43. The van der Waals surface area contributed by atoms with E-state index < -0.39 is 20.6 Å². The van der Waals surface area contributed by atoms with Gasteiger partial charge in [0.1, 0.15) is 0 Å². The van der Waals surface area contributed by atoms with Gasteiger partial charge in [0.25, 0.3) is 0 Å². The van der Waals surface area contributed by atoms with Crippen LogP contribution in [0.1, 0.15) is 6.42 Å². The second-order valence-electron chi connectivity index (χ2n) is 1.98. The van der Waals surface area contributed by atoms with Crippen LogP contribution in [0.5, 0.6) is 0 Å². The third kappa shape index (κ3) is 11.7. The smallest absolute Gasteiger partial charge is 0.258 e. The van der Waals surface area contributed by atoms with Crippen LogP contribution in [0.15, 0.2) is 0 Å². The summed E-state index contributed by atoms with van der Waals surface area (Å²) in [7, 11) is -7.95. The highest BCUT2D eigenvalue weighted by molar-refractivity contribution is 7.84. The molecule has 0 aromatic carbocycles. The minimum atomic E-state index is -3.98. The van der Waals surface area contributed by atoms with Crippen LogP contribution in [0.25, 0.3) is 0 Å². The largest absolute Gasteiger partial charge is 0.333 e. The predicted molar refractivity (Wildman–Crippen MR) is 42.7 cm³/mol. The van der Waals surface area contributed by atoms with Crippen molar-refractivity contribution in [3.05, 3.63) is 0 Å². The SMILES string of the molecule is NS(=O)(=O)OCCCOS(N)(=O)=O. The first-order valence-corrected chi connectivity index (χ1v) is 5.99. The molecule has 0 bridgehead atoms. The maximum absolute atomic E-state index is 10.2. The molecule has 10 heteroatoms. The summed E-state index contributed by atoms with van der Waals surface area (Å²) in [5, 5.41) is 8.94. The maximum Gasteiger partial charge on any atom is 0.333 e. The lowest BCUT2D eigenvalue weighted by Gasteiger charge is -2.00. The van der Waals surface area contributed by atoms with Gasteiger partial charge in [-0.3, -0.25) is 8.37 Å². The molecule has 0 aliphatic carbocycles. The third-order valence-electron chi connectivity index (χ3n) is 0.784. The summed E-state index contributed by atoms with van der Waals surface area (Å²) in [4.78, 5) is 0. The molecule has 0 fully saturated rings. The summed E-state index contributed by atoms with van der Waals surface area (Å²) in [6.45, 7) is -0.511. The molecule has 0 heterocycles. The molecule has 8 nitrogen and oxygen atoms in total. The molecule has 0 saturated carbocycles. The van der Waals surface area contributed by atoms with Gasteiger partial charge in [-0.05, 0) is 6.42 Å². The van der Waals surface area contributed by atoms with E-state index in [1.165, 1.54) is 0 Å². The molecule has 0 aliphatic heterocycles. The van der Waals surface area contributed by atoms with Crippen molar-refractivity contribution in [2.45, 2.75) is 6.42 Å². The lowest BCUT2D eigenvalue weighted by Crippen LogP contribution is -2.19. The van der Waals surface area contributed by atoms with Crippen molar-refractivity contribution < 1.29 is 25.2 Å². The molecule has 0 amide bonds. The Morgan fingerprint density at radius 2 is 1.15 bits per heavy atom. The molecule has 0 aromatic heterocycles. The standard InChI is InChI=1S/C3H10N2O6S2/c4-12(6,7)10-2-1-3-11-13(5,8)9/h1-3H2,(H2,4,6,7)(H2,5,8,9). The van der Waals surface area contributed by atoms with Crippen LogP contribution < -0.4 is 10.3 Å². The van der Waals surface area contributed by atoms with Crippen molar-refractivity contribution >= 4 is 20.6 Å². The normalized spacial score (nSPS) is 13.1. The van der Waals surface area contributed by atoms with Crippen molar-refractivity contribution in [2.75, 3.05) is 13.2 Å². The van der Waals surface area contributed by atoms with Crippen LogP contribution >= 0.6 is 0 Å². The zero-order valence-electron chi connectivity index (χ0n) is 6.54. The van der Waals surface area contributed by atoms with Gasteiger partial charge in [-0.25, -0.2) is 10.3 Å². The van der Waals surface area contributed by atoms with Crippen molar-refractivity contribution in [3.63, 3.8) is 0 Å². The van der Waals surface area contributed by atoms with Gasteiger partial charge in [0.15, 0.2) is 0 Å². The van der Waals surface area contributed by atoms with Crippen molar-refractivity contribution in [1.29, 1.82) is 0 Å². The molecule has 0 aromatic rings. The molecule has 0 saturated heterocycles. The van der Waals surface area contributed by atoms with Crippen LogP contribution in [0, 0.1) is 0 Å². The Balaban J connectivity index is 3.50. The Kier molecular flexibility index (Phi) is 4.74. The molecule has 0 spiro atoms. The average Bonchev–Trinajstić information content (AvgIpc) is 1.81. The number of hydrogen-bond acceptors (Lipinski definition) is 6. The van der Waals surface area contributed by atoms with Gasteiger partial charge < -0.3 is 0 Å². The Morgan fingerprint density at radius 1 is 0.846 bits per heavy atom. The fourth-order valence-electron chi connectivity index (χ4n) is 0.409. The van der Waals surface area contributed by atoms with E-state index in [-0.39, 0.29) is 19.6 Å². The van der Waals surface area contributed by atoms with E-state index >= 15 is 0 Å². The molecular formula is C3H10N2O6S2. The number of rotatable bonds is 6. The van der Waals surface area contributed by atoms with E-state index in [2.05, 4.69) is 18.6 Å². The molecular weight excluding hydrogens is 224 g/mol. The van der Waals surface area contributed by atoms with Crippen molar-refractivity contribution in [3.8, 4) is 0 Å². The Labute approximate surface area is 76.3 Å². The van der Waals surface area contributed by atoms with E-state index in [0.717, 1.165) is 0 Å². The summed E-state index contributed by atoms with van der Waals surface area (Å²) in [5.74, 6) is 0. The van der Waals surface area contributed by atoms with Crippen LogP contribution in [-0.4, -0.2) is 30.0 Å². The lowest BCUT2D eigenvalue weighted by molar-refractivity contribution is 0.254. The fraction of sp³-hybridized carbons (Fsp3) is 1.00. The molecule has 80 valence electrons. The van der Waals surface area contributed by atoms with E-state index in [4.69, 9.17) is 0 Å². The van der Waals surface area contributed by atoms with Crippen molar-refractivity contribution in [1.82, 2.24) is 0 Å². The van der Waals surface area contributed by atoms with Crippen LogP contribution in [0.2, 0.25) is 0 Å². The molecule has 0 atom stereocenters. The molecule has 0 unspecified atom stereocenters. The summed E-state index contributed by atoms with van der Waals surface area (Å²) in [5.41, 5.74) is 0. The van der Waals surface area contributed by atoms with Gasteiger partial charge in [-0.1, -0.05) is 0 Å². The zero-order chi connectivity index (χ0) is 10.5. The topological polar surface area (TPSA) is 139 Å². The van der Waals surface area contributed by atoms with Gasteiger partial charge in [-0.15, -0.1) is 0 Å². The molecule has 0 rings (SSSR count). The van der Waals surface area contributed by atoms with Crippen LogP contribution in [0.4, 0.5) is 0 Å². The minimum Gasteiger partial charge on any atom is -0.258 e. The zero-order valence-corrected chi connectivity index (χ0v) is 8.18. The number of nitrogens with two attached hydrogens (primary N) is 2. The summed E-state index contributed by atoms with van der Waals surface area (Å²) >= 11 is 0. The second kappa shape index (κ2) is 4.83. The number of hydrogen-bond donors (Lipinski definition) is 2. The van der Waals surface area contributed by atoms with Gasteiger partial charge in [0.05, 0.1) is 13.2 Å². The first-order valence-electron chi connectivity index (χ1n) is 3.05. The Morgan fingerprint density at radius 3 is 1.38 bits per heavy atom. The first kappa shape index (κ1) is 12.7. The van der Waals surface area contributed by atoms with E-state index in [9.17, 15) is 16.8 Å². The summed E-state index contributed by atoms with van der Waals surface area (Å²) in [6, 6.07) is 0. The first-order chi connectivity index (χ1) is 5.71. The van der Waals surface area contributed by atoms with E-state index in [1.807, 2.05) is 0 Å². The monoisotopic (exact) mass is 234 g/mol. The molecule has 0 radical (unpaired) electrons. The van der Waals surface area contributed by atoms with E-state index in [1.54, 1.807) is 0 Å². The minimum absolute atomic E-state index is 0.0485. The quantitative estimate of drug-likeness (QED) is 0.501. The highest BCUT2D eigenvalue weighted by Gasteiger charge is 2.04. The lowest BCUT2D eigenvalue weighted by atomic mass is 10.5. The highest BCUT2D eigenvalue weighted by atomic mass is 32.2. The van der Waals surface area contributed by atoms with Crippen LogP contribution in [0.3, 0.4) is 0 Å². The maximum atomic E-state index is 10.2. The predicted octanol–water partition coefficient (Wildman–Crippen LogP) is -2.18. The van der Waals surface area contributed by atoms with Crippen molar-refractivity contribution in [2.24, 2.45) is 10.3 Å². The molecule has 13 heavy (non-hydrogen) atoms. The Hall–Kier alpha value is -0.260. The van der Waals surface area contributed by atoms with Crippen LogP contribution in [-0.2, 0) is 29.0 Å².